The Hall–Kier alpha value is -3.86. The molecule has 3 aromatic rings. The van der Waals surface area contributed by atoms with Crippen LogP contribution in [0.1, 0.15) is 43.2 Å². The second-order valence-electron chi connectivity index (χ2n) is 10.0. The highest BCUT2D eigenvalue weighted by molar-refractivity contribution is 5.87. The van der Waals surface area contributed by atoms with Gasteiger partial charge in [-0.2, -0.15) is 0 Å². The highest BCUT2D eigenvalue weighted by Crippen LogP contribution is 2.29. The molecule has 11 heteroatoms. The smallest absolute Gasteiger partial charge is 0.327 e. The molecular weight excluding hydrogens is 488 g/mol. The second-order valence-corrected chi connectivity index (χ2v) is 10.0. The van der Waals surface area contributed by atoms with E-state index < -0.39 is 6.04 Å². The molecule has 2 aliphatic heterocycles. The third-order valence-corrected chi connectivity index (χ3v) is 7.69. The van der Waals surface area contributed by atoms with E-state index in [9.17, 15) is 19.5 Å². The van der Waals surface area contributed by atoms with Crippen LogP contribution in [-0.4, -0.2) is 87.3 Å². The number of phenolic OH excluding ortho intramolecular Hbond substituents is 1. The number of aromatic amines is 1. The molecule has 3 N–H and O–H groups in total. The fraction of sp³-hybridized carbons (Fsp3) is 0.481. The number of phenols is 1. The van der Waals surface area contributed by atoms with Crippen molar-refractivity contribution in [3.05, 3.63) is 58.6 Å². The maximum Gasteiger partial charge on any atom is 0.327 e. The molecule has 3 amide bonds. The number of nitrogens with one attached hydrogen (secondary N) is 2. The van der Waals surface area contributed by atoms with E-state index in [1.165, 1.54) is 0 Å². The number of rotatable bonds is 6. The first-order valence-corrected chi connectivity index (χ1v) is 13.1. The highest BCUT2D eigenvalue weighted by Gasteiger charge is 2.34. The van der Waals surface area contributed by atoms with Gasteiger partial charge in [0.05, 0.1) is 12.1 Å². The van der Waals surface area contributed by atoms with Gasteiger partial charge in [-0.3, -0.25) is 14.3 Å². The van der Waals surface area contributed by atoms with Crippen LogP contribution in [0.5, 0.6) is 5.75 Å². The summed E-state index contributed by atoms with van der Waals surface area (Å²) < 4.78 is 6.96. The second kappa shape index (κ2) is 11.3. The molecule has 2 saturated heterocycles. The average molecular weight is 523 g/mol. The number of fused-ring (bicyclic) bond motifs is 1. The quantitative estimate of drug-likeness (QED) is 0.455. The van der Waals surface area contributed by atoms with E-state index in [1.807, 2.05) is 18.2 Å². The van der Waals surface area contributed by atoms with Crippen molar-refractivity contribution in [2.24, 2.45) is 0 Å². The first-order valence-electron chi connectivity index (χ1n) is 13.1. The van der Waals surface area contributed by atoms with Gasteiger partial charge >= 0.3 is 11.7 Å². The number of carbonyl (C=O) groups is 2. The van der Waals surface area contributed by atoms with E-state index in [2.05, 4.69) is 15.3 Å². The zero-order valence-electron chi connectivity index (χ0n) is 21.5. The molecule has 2 aliphatic rings. The number of carbonyl (C=O) groups excluding carboxylic acids is 2. The van der Waals surface area contributed by atoms with Crippen molar-refractivity contribution in [1.29, 1.82) is 0 Å². The number of aromatic nitrogens is 3. The van der Waals surface area contributed by atoms with Gasteiger partial charge in [-0.15, -0.1) is 0 Å². The van der Waals surface area contributed by atoms with Crippen molar-refractivity contribution in [2.45, 2.75) is 43.7 Å². The fourth-order valence-corrected chi connectivity index (χ4v) is 5.60. The molecule has 38 heavy (non-hydrogen) atoms. The number of urea groups is 1. The molecular formula is C27H34N6O5. The molecule has 2 unspecified atom stereocenters. The van der Waals surface area contributed by atoms with Gasteiger partial charge in [0.25, 0.3) is 0 Å². The Morgan fingerprint density at radius 2 is 1.89 bits per heavy atom. The van der Waals surface area contributed by atoms with Gasteiger partial charge in [-0.25, -0.2) is 14.6 Å². The lowest BCUT2D eigenvalue weighted by molar-refractivity contribution is -0.133. The Morgan fingerprint density at radius 1 is 1.13 bits per heavy atom. The van der Waals surface area contributed by atoms with Crippen molar-refractivity contribution in [1.82, 2.24) is 29.7 Å². The number of likely N-dealkylation sites (tertiary alicyclic amines) is 2. The topological polar surface area (TPSA) is 133 Å². The van der Waals surface area contributed by atoms with Crippen molar-refractivity contribution < 1.29 is 19.4 Å². The van der Waals surface area contributed by atoms with Gasteiger partial charge in [0.2, 0.25) is 5.91 Å². The van der Waals surface area contributed by atoms with Crippen LogP contribution >= 0.6 is 0 Å². The lowest BCUT2D eigenvalue weighted by atomic mass is 9.93. The van der Waals surface area contributed by atoms with Gasteiger partial charge < -0.3 is 25.0 Å². The van der Waals surface area contributed by atoms with Crippen LogP contribution in [0.2, 0.25) is 0 Å². The lowest BCUT2D eigenvalue weighted by Crippen LogP contribution is -2.53. The Morgan fingerprint density at radius 3 is 2.63 bits per heavy atom. The maximum absolute atomic E-state index is 13.4. The summed E-state index contributed by atoms with van der Waals surface area (Å²) in [6.07, 6.45) is 4.17. The number of aromatic hydroxyl groups is 1. The summed E-state index contributed by atoms with van der Waals surface area (Å²) in [5.41, 5.74) is 2.19. The molecule has 2 fully saturated rings. The van der Waals surface area contributed by atoms with Crippen molar-refractivity contribution in [2.75, 3.05) is 39.9 Å². The number of pyridine rings is 1. The molecule has 11 nitrogen and oxygen atoms in total. The van der Waals surface area contributed by atoms with Crippen molar-refractivity contribution in [3.63, 3.8) is 0 Å². The first-order chi connectivity index (χ1) is 18.4. The number of methoxy groups -OCH3 is 1. The minimum absolute atomic E-state index is 0.0281. The van der Waals surface area contributed by atoms with Crippen LogP contribution in [0.25, 0.3) is 11.2 Å². The molecule has 2 aromatic heterocycles. The van der Waals surface area contributed by atoms with Crippen LogP contribution in [0.15, 0.2) is 47.4 Å². The summed E-state index contributed by atoms with van der Waals surface area (Å²) in [6, 6.07) is 9.86. The number of piperidine rings is 1. The van der Waals surface area contributed by atoms with Crippen LogP contribution < -0.4 is 11.0 Å². The first kappa shape index (κ1) is 25.8. The van der Waals surface area contributed by atoms with Crippen molar-refractivity contribution >= 4 is 23.1 Å². The zero-order chi connectivity index (χ0) is 26.6. The standard InChI is InChI=1S/C27H34N6O5/c1-38-16-15-32-17-19(18-4-7-21(34)8-5-18)6-9-22(25(32)35)29-26(36)31-13-10-20(11-14-31)33-23-3-2-12-28-24(23)30-27(33)37/h2-5,7-8,12,19-20,22,34H,6,9-11,13-17H2,1H3,(H,29,36)(H,28,30,37). The number of imidazole rings is 1. The van der Waals surface area contributed by atoms with Gasteiger partial charge in [-0.1, -0.05) is 12.1 Å². The SMILES string of the molecule is COCCN1CC(c2ccc(O)cc2)CCC(NC(=O)N2CCC(n3c(=O)[nH]c4ncccc43)CC2)C1=O. The lowest BCUT2D eigenvalue weighted by Gasteiger charge is -2.34. The average Bonchev–Trinajstić information content (AvgIpc) is 3.19. The highest BCUT2D eigenvalue weighted by atomic mass is 16.5. The molecule has 2 atom stereocenters. The van der Waals surface area contributed by atoms with Gasteiger partial charge in [0.15, 0.2) is 5.65 Å². The number of amides is 3. The Bertz CT molecular complexity index is 1330. The van der Waals surface area contributed by atoms with Crippen LogP contribution in [0.4, 0.5) is 4.79 Å². The summed E-state index contributed by atoms with van der Waals surface area (Å²) in [4.78, 5) is 49.7. The number of H-pyrrole nitrogens is 1. The number of ether oxygens (including phenoxy) is 1. The van der Waals surface area contributed by atoms with E-state index in [4.69, 9.17) is 4.74 Å². The largest absolute Gasteiger partial charge is 0.508 e. The van der Waals surface area contributed by atoms with E-state index in [0.29, 0.717) is 57.7 Å². The number of benzene rings is 1. The monoisotopic (exact) mass is 522 g/mol. The van der Waals surface area contributed by atoms with E-state index in [-0.39, 0.29) is 35.3 Å². The van der Waals surface area contributed by atoms with Crippen molar-refractivity contribution in [3.8, 4) is 5.75 Å². The minimum atomic E-state index is -0.624. The van der Waals surface area contributed by atoms with Gasteiger partial charge in [-0.05, 0) is 55.5 Å². The molecule has 5 rings (SSSR count). The molecule has 0 saturated carbocycles. The molecule has 0 bridgehead atoms. The summed E-state index contributed by atoms with van der Waals surface area (Å²) in [6.45, 7) is 2.35. The molecule has 0 aliphatic carbocycles. The predicted octanol–water partition coefficient (Wildman–Crippen LogP) is 2.20. The normalized spacial score (nSPS) is 21.0. The number of nitrogens with zero attached hydrogens (tertiary/aromatic N) is 4. The number of hydrogen-bond acceptors (Lipinski definition) is 6. The predicted molar refractivity (Wildman–Crippen MR) is 141 cm³/mol. The number of hydrogen-bond donors (Lipinski definition) is 3. The Labute approximate surface area is 220 Å². The Kier molecular flexibility index (Phi) is 7.64. The summed E-state index contributed by atoms with van der Waals surface area (Å²) >= 11 is 0. The van der Waals surface area contributed by atoms with Crippen LogP contribution in [0, 0.1) is 0 Å². The molecule has 202 valence electrons. The molecule has 0 spiro atoms. The zero-order valence-corrected chi connectivity index (χ0v) is 21.5. The maximum atomic E-state index is 13.4. The van der Waals surface area contributed by atoms with E-state index in [1.54, 1.807) is 45.9 Å². The fourth-order valence-electron chi connectivity index (χ4n) is 5.60. The third kappa shape index (κ3) is 5.38. The van der Waals surface area contributed by atoms with Crippen LogP contribution in [-0.2, 0) is 9.53 Å². The molecule has 4 heterocycles. The van der Waals surface area contributed by atoms with Gasteiger partial charge in [0.1, 0.15) is 11.8 Å². The summed E-state index contributed by atoms with van der Waals surface area (Å²) in [5.74, 6) is 0.192. The third-order valence-electron chi connectivity index (χ3n) is 7.69. The molecule has 1 aromatic carbocycles. The van der Waals surface area contributed by atoms with Crippen LogP contribution in [0.3, 0.4) is 0 Å². The summed E-state index contributed by atoms with van der Waals surface area (Å²) in [5, 5.41) is 12.6. The van der Waals surface area contributed by atoms with E-state index >= 15 is 0 Å². The summed E-state index contributed by atoms with van der Waals surface area (Å²) in [7, 11) is 1.60. The van der Waals surface area contributed by atoms with E-state index in [0.717, 1.165) is 17.5 Å². The van der Waals surface area contributed by atoms with Gasteiger partial charge in [0, 0.05) is 51.4 Å². The minimum Gasteiger partial charge on any atom is -0.508 e. The molecule has 0 radical (unpaired) electrons. The Balaban J connectivity index is 1.23.